The van der Waals surface area contributed by atoms with Crippen molar-refractivity contribution in [1.29, 1.82) is 0 Å². The zero-order valence-electron chi connectivity index (χ0n) is 19.5. The van der Waals surface area contributed by atoms with Crippen molar-refractivity contribution in [3.05, 3.63) is 46.4 Å². The van der Waals surface area contributed by atoms with Crippen LogP contribution in [0.25, 0.3) is 0 Å². The standard InChI is InChI=1S/C25H34ClN5O2/c1-2-3-15-31(25(33)19-9-8-10-20(26)18-19)23-22(30-16-5-4-11-21(30)28-23)24(32)27-12-17-29-13-6-7-14-29/h8-10,18H,2-7,11-17H2,1H3,(H,27,32). The van der Waals surface area contributed by atoms with E-state index < -0.39 is 0 Å². The molecule has 33 heavy (non-hydrogen) atoms. The average Bonchev–Trinajstić information content (AvgIpc) is 3.47. The summed E-state index contributed by atoms with van der Waals surface area (Å²) in [4.78, 5) is 35.9. The minimum atomic E-state index is -0.174. The largest absolute Gasteiger partial charge is 0.349 e. The molecular formula is C25H34ClN5O2. The van der Waals surface area contributed by atoms with Gasteiger partial charge in [-0.1, -0.05) is 31.0 Å². The summed E-state index contributed by atoms with van der Waals surface area (Å²) in [6.45, 7) is 6.99. The second-order valence-corrected chi connectivity index (χ2v) is 9.37. The summed E-state index contributed by atoms with van der Waals surface area (Å²) in [5.41, 5.74) is 1.02. The van der Waals surface area contributed by atoms with Gasteiger partial charge in [0, 0.05) is 43.2 Å². The molecule has 7 nitrogen and oxygen atoms in total. The normalized spacial score (nSPS) is 15.9. The zero-order valence-corrected chi connectivity index (χ0v) is 20.2. The number of nitrogens with one attached hydrogen (secondary N) is 1. The number of unbranched alkanes of at least 4 members (excludes halogenated alkanes) is 1. The fourth-order valence-corrected chi connectivity index (χ4v) is 4.89. The maximum Gasteiger partial charge on any atom is 0.271 e. The van der Waals surface area contributed by atoms with Crippen LogP contribution >= 0.6 is 11.6 Å². The van der Waals surface area contributed by atoms with E-state index in [-0.39, 0.29) is 11.8 Å². The van der Waals surface area contributed by atoms with E-state index in [1.807, 2.05) is 4.57 Å². The van der Waals surface area contributed by atoms with Crippen molar-refractivity contribution < 1.29 is 9.59 Å². The summed E-state index contributed by atoms with van der Waals surface area (Å²) in [5, 5.41) is 3.61. The van der Waals surface area contributed by atoms with Gasteiger partial charge in [0.2, 0.25) is 0 Å². The first-order valence-corrected chi connectivity index (χ1v) is 12.6. The quantitative estimate of drug-likeness (QED) is 0.596. The topological polar surface area (TPSA) is 70.5 Å². The van der Waals surface area contributed by atoms with Gasteiger partial charge in [-0.15, -0.1) is 0 Å². The molecule has 1 saturated heterocycles. The molecule has 0 atom stereocenters. The number of carbonyl (C=O) groups excluding carboxylic acids is 2. The molecule has 0 spiro atoms. The van der Waals surface area contributed by atoms with Gasteiger partial charge in [-0.05, 0) is 63.4 Å². The lowest BCUT2D eigenvalue weighted by Gasteiger charge is -2.23. The van der Waals surface area contributed by atoms with Crippen molar-refractivity contribution >= 4 is 29.2 Å². The lowest BCUT2D eigenvalue weighted by atomic mass is 10.1. The van der Waals surface area contributed by atoms with E-state index in [1.54, 1.807) is 29.2 Å². The highest BCUT2D eigenvalue weighted by molar-refractivity contribution is 6.31. The summed E-state index contributed by atoms with van der Waals surface area (Å²) >= 11 is 6.16. The van der Waals surface area contributed by atoms with Crippen molar-refractivity contribution in [2.75, 3.05) is 37.6 Å². The fourth-order valence-electron chi connectivity index (χ4n) is 4.70. The molecule has 1 aromatic heterocycles. The highest BCUT2D eigenvalue weighted by Crippen LogP contribution is 2.28. The average molecular weight is 472 g/mol. The van der Waals surface area contributed by atoms with E-state index >= 15 is 0 Å². The second kappa shape index (κ2) is 11.2. The monoisotopic (exact) mass is 471 g/mol. The number of benzene rings is 1. The Morgan fingerprint density at radius 3 is 2.70 bits per heavy atom. The number of hydrogen-bond acceptors (Lipinski definition) is 4. The molecule has 0 radical (unpaired) electrons. The third-order valence-corrected chi connectivity index (χ3v) is 6.73. The number of hydrogen-bond donors (Lipinski definition) is 1. The van der Waals surface area contributed by atoms with Crippen LogP contribution in [0.15, 0.2) is 24.3 Å². The highest BCUT2D eigenvalue weighted by Gasteiger charge is 2.31. The number of nitrogens with zero attached hydrogens (tertiary/aromatic N) is 4. The molecule has 178 valence electrons. The summed E-state index contributed by atoms with van der Waals surface area (Å²) < 4.78 is 2.02. The van der Waals surface area contributed by atoms with Crippen LogP contribution in [0.1, 0.15) is 72.1 Å². The van der Waals surface area contributed by atoms with E-state index in [2.05, 4.69) is 17.1 Å². The Balaban J connectivity index is 1.63. The van der Waals surface area contributed by atoms with Gasteiger partial charge < -0.3 is 14.8 Å². The highest BCUT2D eigenvalue weighted by atomic mass is 35.5. The second-order valence-electron chi connectivity index (χ2n) is 8.93. The Hall–Kier alpha value is -2.38. The maximum atomic E-state index is 13.6. The summed E-state index contributed by atoms with van der Waals surface area (Å²) in [7, 11) is 0. The predicted octanol–water partition coefficient (Wildman–Crippen LogP) is 4.15. The Bertz CT molecular complexity index is 983. The molecule has 3 heterocycles. The third-order valence-electron chi connectivity index (χ3n) is 6.50. The van der Waals surface area contributed by atoms with E-state index in [0.29, 0.717) is 35.2 Å². The fraction of sp³-hybridized carbons (Fsp3) is 0.560. The van der Waals surface area contributed by atoms with E-state index in [0.717, 1.165) is 64.1 Å². The molecule has 8 heteroatoms. The van der Waals surface area contributed by atoms with Crippen LogP contribution in [0.3, 0.4) is 0 Å². The number of amides is 2. The van der Waals surface area contributed by atoms with Crippen LogP contribution in [0.2, 0.25) is 5.02 Å². The molecule has 2 aromatic rings. The lowest BCUT2D eigenvalue weighted by Crippen LogP contribution is -2.37. The number of imidazole rings is 1. The van der Waals surface area contributed by atoms with Crippen molar-refractivity contribution in [2.24, 2.45) is 0 Å². The number of fused-ring (bicyclic) bond motifs is 1. The number of anilines is 1. The molecule has 1 fully saturated rings. The molecule has 2 aliphatic heterocycles. The summed E-state index contributed by atoms with van der Waals surface area (Å²) in [6.07, 6.45) is 7.09. The van der Waals surface area contributed by atoms with Crippen molar-refractivity contribution in [1.82, 2.24) is 19.8 Å². The molecule has 2 aliphatic rings. The maximum absolute atomic E-state index is 13.6. The Kier molecular flexibility index (Phi) is 8.04. The first-order chi connectivity index (χ1) is 16.1. The number of aromatic nitrogens is 2. The first-order valence-electron chi connectivity index (χ1n) is 12.3. The summed E-state index contributed by atoms with van der Waals surface area (Å²) in [5.74, 6) is 1.04. The van der Waals surface area contributed by atoms with Crippen molar-refractivity contribution in [3.8, 4) is 0 Å². The van der Waals surface area contributed by atoms with Gasteiger partial charge in [-0.25, -0.2) is 4.98 Å². The van der Waals surface area contributed by atoms with Crippen LogP contribution in [0.4, 0.5) is 5.82 Å². The zero-order chi connectivity index (χ0) is 23.2. The van der Waals surface area contributed by atoms with Crippen LogP contribution in [0, 0.1) is 0 Å². The van der Waals surface area contributed by atoms with E-state index in [1.165, 1.54) is 12.8 Å². The molecule has 4 rings (SSSR count). The minimum absolute atomic E-state index is 0.148. The molecule has 0 bridgehead atoms. The van der Waals surface area contributed by atoms with Gasteiger partial charge in [-0.2, -0.15) is 0 Å². The van der Waals surface area contributed by atoms with Crippen LogP contribution in [-0.4, -0.2) is 59.0 Å². The SMILES string of the molecule is CCCCN(C(=O)c1cccc(Cl)c1)c1nc2n(c1C(=O)NCCN1CCCC1)CCCC2. The van der Waals surface area contributed by atoms with Crippen molar-refractivity contribution in [2.45, 2.75) is 58.4 Å². The van der Waals surface area contributed by atoms with Crippen LogP contribution < -0.4 is 10.2 Å². The number of halogens is 1. The molecule has 1 N–H and O–H groups in total. The molecule has 0 unspecified atom stereocenters. The van der Waals surface area contributed by atoms with Gasteiger partial charge in [-0.3, -0.25) is 14.5 Å². The molecule has 1 aromatic carbocycles. The number of rotatable bonds is 9. The van der Waals surface area contributed by atoms with Crippen LogP contribution in [-0.2, 0) is 13.0 Å². The lowest BCUT2D eigenvalue weighted by molar-refractivity contribution is 0.0939. The summed E-state index contributed by atoms with van der Waals surface area (Å²) in [6, 6.07) is 6.97. The number of aryl methyl sites for hydroxylation is 1. The van der Waals surface area contributed by atoms with Gasteiger partial charge in [0.25, 0.3) is 11.8 Å². The molecule has 2 amide bonds. The molecular weight excluding hydrogens is 438 g/mol. The number of likely N-dealkylation sites (tertiary alicyclic amines) is 1. The predicted molar refractivity (Wildman–Crippen MR) is 131 cm³/mol. The minimum Gasteiger partial charge on any atom is -0.349 e. The van der Waals surface area contributed by atoms with E-state index in [4.69, 9.17) is 16.6 Å². The number of carbonyl (C=O) groups is 2. The van der Waals surface area contributed by atoms with Gasteiger partial charge >= 0.3 is 0 Å². The Morgan fingerprint density at radius 1 is 1.15 bits per heavy atom. The molecule has 0 aliphatic carbocycles. The van der Waals surface area contributed by atoms with Gasteiger partial charge in [0.15, 0.2) is 11.5 Å². The van der Waals surface area contributed by atoms with Crippen molar-refractivity contribution in [3.63, 3.8) is 0 Å². The van der Waals surface area contributed by atoms with Gasteiger partial charge in [0.1, 0.15) is 5.82 Å². The smallest absolute Gasteiger partial charge is 0.271 e. The first kappa shape index (κ1) is 23.8. The van der Waals surface area contributed by atoms with Crippen LogP contribution in [0.5, 0.6) is 0 Å². The third kappa shape index (κ3) is 5.58. The van der Waals surface area contributed by atoms with E-state index in [9.17, 15) is 9.59 Å². The van der Waals surface area contributed by atoms with Gasteiger partial charge in [0.05, 0.1) is 0 Å². The molecule has 0 saturated carbocycles. The Morgan fingerprint density at radius 2 is 1.94 bits per heavy atom. The Labute approximate surface area is 201 Å².